The van der Waals surface area contributed by atoms with Crippen LogP contribution in [-0.2, 0) is 26.2 Å². The average Bonchev–Trinajstić information content (AvgIpc) is 3.14. The fourth-order valence-electron chi connectivity index (χ4n) is 0.642. The maximum atomic E-state index is 3.60. The molecule has 0 unspecified atom stereocenters. The molecule has 102 valence electrons. The zero-order valence-electron chi connectivity index (χ0n) is 12.5. The Hall–Kier alpha value is 0.883. The van der Waals surface area contributed by atoms with Gasteiger partial charge in [0.05, 0.1) is 0 Å². The van der Waals surface area contributed by atoms with Gasteiger partial charge in [-0.3, -0.25) is 0 Å². The quantitative estimate of drug-likeness (QED) is 0.602. The minimum Gasteiger partial charge on any atom is -0.343 e. The molecule has 0 bridgehead atoms. The minimum absolute atomic E-state index is 0. The van der Waals surface area contributed by atoms with Crippen LogP contribution in [0.4, 0.5) is 0 Å². The second-order valence-electron chi connectivity index (χ2n) is 3.63. The summed E-state index contributed by atoms with van der Waals surface area (Å²) in [5, 5.41) is 0. The van der Waals surface area contributed by atoms with Crippen molar-refractivity contribution in [1.82, 2.24) is 0 Å². The fourth-order valence-corrected chi connectivity index (χ4v) is 0.642. The summed E-state index contributed by atoms with van der Waals surface area (Å²) >= 11 is 0. The molecule has 0 aromatic heterocycles. The van der Waals surface area contributed by atoms with Crippen molar-refractivity contribution in [2.45, 2.75) is 39.5 Å². The molecule has 2 rings (SSSR count). The van der Waals surface area contributed by atoms with Crippen molar-refractivity contribution in [1.29, 1.82) is 0 Å². The molecule has 2 fully saturated rings. The van der Waals surface area contributed by atoms with Crippen LogP contribution in [-0.4, -0.2) is 0 Å². The van der Waals surface area contributed by atoms with Crippen LogP contribution in [0.15, 0.2) is 0 Å². The van der Waals surface area contributed by atoms with E-state index in [-0.39, 0.29) is 26.2 Å². The van der Waals surface area contributed by atoms with Gasteiger partial charge >= 0.3 is 26.2 Å². The van der Waals surface area contributed by atoms with Gasteiger partial charge in [0.2, 0.25) is 0 Å². The molecule has 1 heteroatoms. The van der Waals surface area contributed by atoms with E-state index in [0.717, 1.165) is 12.8 Å². The van der Waals surface area contributed by atoms with Crippen LogP contribution in [0.25, 0.3) is 0 Å². The van der Waals surface area contributed by atoms with Crippen molar-refractivity contribution in [3.63, 3.8) is 0 Å². The van der Waals surface area contributed by atoms with Gasteiger partial charge in [-0.25, -0.2) is 0 Å². The van der Waals surface area contributed by atoms with Crippen LogP contribution in [0.3, 0.4) is 0 Å². The van der Waals surface area contributed by atoms with Crippen LogP contribution < -0.4 is 0 Å². The summed E-state index contributed by atoms with van der Waals surface area (Å²) in [6.45, 7) is 11.4. The zero-order chi connectivity index (χ0) is 13.9. The van der Waals surface area contributed by atoms with Gasteiger partial charge in [0.25, 0.3) is 0 Å². The minimum atomic E-state index is 0. The molecule has 2 aliphatic carbocycles. The van der Waals surface area contributed by atoms with E-state index in [1.807, 2.05) is 64.2 Å². The van der Waals surface area contributed by atoms with Gasteiger partial charge in [0.15, 0.2) is 0 Å². The molecule has 0 heterocycles. The number of hydrogen-bond donors (Lipinski definition) is 0. The fraction of sp³-hybridized carbons (Fsp3) is 0.333. The average molecular weight is 336 g/mol. The first kappa shape index (κ1) is 24.9. The maximum Gasteiger partial charge on any atom is 4.00 e. The first-order chi connectivity index (χ1) is 8.83. The molecule has 0 spiro atoms. The predicted molar refractivity (Wildman–Crippen MR) is 83.5 cm³/mol. The summed E-state index contributed by atoms with van der Waals surface area (Å²) < 4.78 is 0. The molecule has 0 nitrogen and oxygen atoms in total. The van der Waals surface area contributed by atoms with Crippen molar-refractivity contribution < 1.29 is 26.2 Å². The Morgan fingerprint density at radius 1 is 0.526 bits per heavy atom. The molecule has 2 aliphatic rings. The molecule has 0 N–H and O–H groups in total. The third-order valence-corrected chi connectivity index (χ3v) is 1.82. The third-order valence-electron chi connectivity index (χ3n) is 1.82. The molecule has 2 saturated carbocycles. The molecule has 0 aliphatic heterocycles. The van der Waals surface area contributed by atoms with Gasteiger partial charge in [-0.15, -0.1) is 0 Å². The van der Waals surface area contributed by atoms with Gasteiger partial charge < -0.3 is 13.8 Å². The van der Waals surface area contributed by atoms with Crippen molar-refractivity contribution in [2.24, 2.45) is 0 Å². The molecule has 0 aromatic rings. The van der Waals surface area contributed by atoms with Gasteiger partial charge in [0.1, 0.15) is 0 Å². The van der Waals surface area contributed by atoms with E-state index >= 15 is 0 Å². The SMILES string of the molecule is [CH2-]CCC.[CH2-]CCC.[CH]1[CH][CH][CH][CH]1.[CH]1[CH][CH][CH][CH]1.[Zr+4]. The molecule has 10 radical (unpaired) electrons. The molecular weight excluding hydrogens is 307 g/mol. The Labute approximate surface area is 143 Å². The second kappa shape index (κ2) is 27.3. The van der Waals surface area contributed by atoms with Gasteiger partial charge in [-0.05, 0) is 64.2 Å². The summed E-state index contributed by atoms with van der Waals surface area (Å²) in [4.78, 5) is 0. The van der Waals surface area contributed by atoms with Gasteiger partial charge in [-0.1, -0.05) is 26.7 Å². The summed E-state index contributed by atoms with van der Waals surface area (Å²) in [5.74, 6) is 0. The van der Waals surface area contributed by atoms with E-state index in [1.54, 1.807) is 0 Å². The van der Waals surface area contributed by atoms with Crippen LogP contribution in [0.2, 0.25) is 0 Å². The number of rotatable bonds is 2. The topological polar surface area (TPSA) is 0 Å². The van der Waals surface area contributed by atoms with E-state index < -0.39 is 0 Å². The van der Waals surface area contributed by atoms with Gasteiger partial charge in [0, 0.05) is 0 Å². The summed E-state index contributed by atoms with van der Waals surface area (Å²) in [6, 6.07) is 0. The van der Waals surface area contributed by atoms with Crippen molar-refractivity contribution >= 4 is 0 Å². The number of unbranched alkanes of at least 4 members (excludes halogenated alkanes) is 2. The Morgan fingerprint density at radius 3 is 0.684 bits per heavy atom. The Morgan fingerprint density at radius 2 is 0.632 bits per heavy atom. The smallest absolute Gasteiger partial charge is 0.343 e. The zero-order valence-corrected chi connectivity index (χ0v) is 15.0. The summed E-state index contributed by atoms with van der Waals surface area (Å²) in [7, 11) is 0. The maximum absolute atomic E-state index is 3.60. The monoisotopic (exact) mass is 334 g/mol. The normalized spacial score (nSPS) is 15.8. The molecule has 0 atom stereocenters. The van der Waals surface area contributed by atoms with Crippen molar-refractivity contribution in [3.8, 4) is 0 Å². The number of hydrogen-bond acceptors (Lipinski definition) is 0. The predicted octanol–water partition coefficient (Wildman–Crippen LogP) is 5.28. The van der Waals surface area contributed by atoms with E-state index in [2.05, 4.69) is 27.7 Å². The Balaban J connectivity index is -0.000000178. The summed E-state index contributed by atoms with van der Waals surface area (Å²) in [5.41, 5.74) is 0. The van der Waals surface area contributed by atoms with Crippen LogP contribution in [0.5, 0.6) is 0 Å². The van der Waals surface area contributed by atoms with Gasteiger partial charge in [-0.2, -0.15) is 12.8 Å². The molecule has 0 amide bonds. The molecular formula is C18H28Zr+2. The Bertz CT molecular complexity index is 71.0. The van der Waals surface area contributed by atoms with E-state index in [9.17, 15) is 0 Å². The first-order valence-corrected chi connectivity index (χ1v) is 6.75. The summed E-state index contributed by atoms with van der Waals surface area (Å²) in [6.07, 6.45) is 24.6. The van der Waals surface area contributed by atoms with Crippen LogP contribution in [0.1, 0.15) is 39.5 Å². The Kier molecular flexibility index (Phi) is 35.7. The van der Waals surface area contributed by atoms with Crippen LogP contribution >= 0.6 is 0 Å². The van der Waals surface area contributed by atoms with E-state index in [0.29, 0.717) is 0 Å². The second-order valence-corrected chi connectivity index (χ2v) is 3.63. The third kappa shape index (κ3) is 32.4. The molecule has 0 saturated heterocycles. The van der Waals surface area contributed by atoms with Crippen LogP contribution in [0, 0.1) is 78.1 Å². The first-order valence-electron chi connectivity index (χ1n) is 6.75. The standard InChI is InChI=1S/2C5H5.2C4H9.Zr/c2*1-2-4-5-3-1;2*1-3-4-2;/h2*1-5H;2*1,3-4H2,2H3;/q;;2*-1;+4. The largest absolute Gasteiger partial charge is 4.00 e. The van der Waals surface area contributed by atoms with E-state index in [4.69, 9.17) is 0 Å². The molecule has 19 heavy (non-hydrogen) atoms. The van der Waals surface area contributed by atoms with Crippen molar-refractivity contribution in [3.05, 3.63) is 78.1 Å². The van der Waals surface area contributed by atoms with E-state index in [1.165, 1.54) is 12.8 Å². The van der Waals surface area contributed by atoms with Crippen molar-refractivity contribution in [2.75, 3.05) is 0 Å². The molecule has 0 aromatic carbocycles.